The third kappa shape index (κ3) is 3.18. The smallest absolute Gasteiger partial charge is 0.256 e. The van der Waals surface area contributed by atoms with Gasteiger partial charge < -0.3 is 14.8 Å². The molecule has 2 aromatic rings. The predicted molar refractivity (Wildman–Crippen MR) is 110 cm³/mol. The zero-order valence-corrected chi connectivity index (χ0v) is 17.2. The third-order valence-corrected chi connectivity index (χ3v) is 6.33. The van der Waals surface area contributed by atoms with E-state index < -0.39 is 0 Å². The first-order valence-corrected chi connectivity index (χ1v) is 10.1. The molecule has 148 valence electrons. The minimum atomic E-state index is -0.00767. The zero-order valence-electron chi connectivity index (χ0n) is 17.2. The summed E-state index contributed by atoms with van der Waals surface area (Å²) >= 11 is 0. The van der Waals surface area contributed by atoms with Crippen LogP contribution in [0.1, 0.15) is 62.0 Å². The molecule has 0 unspecified atom stereocenters. The number of aromatic amines is 1. The molecule has 0 radical (unpaired) electrons. The number of fused-ring (bicyclic) bond motifs is 1. The predicted octanol–water partition coefficient (Wildman–Crippen LogP) is 3.32. The number of hydrogen-bond acceptors (Lipinski definition) is 3. The van der Waals surface area contributed by atoms with Crippen molar-refractivity contribution in [2.24, 2.45) is 0 Å². The quantitative estimate of drug-likeness (QED) is 0.890. The maximum atomic E-state index is 13.5. The van der Waals surface area contributed by atoms with Crippen LogP contribution < -0.4 is 0 Å². The topological polar surface area (TPSA) is 56.4 Å². The number of carbonyl (C=O) groups is 2. The van der Waals surface area contributed by atoms with Gasteiger partial charge in [0.15, 0.2) is 5.78 Å². The van der Waals surface area contributed by atoms with E-state index in [0.717, 1.165) is 24.2 Å². The molecule has 1 aliphatic carbocycles. The minimum Gasteiger partial charge on any atom is -0.361 e. The van der Waals surface area contributed by atoms with Crippen LogP contribution in [0.5, 0.6) is 0 Å². The lowest BCUT2D eigenvalue weighted by Gasteiger charge is -2.25. The van der Waals surface area contributed by atoms with Gasteiger partial charge in [-0.15, -0.1) is 0 Å². The summed E-state index contributed by atoms with van der Waals surface area (Å²) in [5.41, 5.74) is 5.52. The van der Waals surface area contributed by atoms with Crippen molar-refractivity contribution in [1.29, 1.82) is 0 Å². The molecule has 5 nitrogen and oxygen atoms in total. The van der Waals surface area contributed by atoms with E-state index >= 15 is 0 Å². The van der Waals surface area contributed by atoms with Gasteiger partial charge in [-0.3, -0.25) is 9.59 Å². The van der Waals surface area contributed by atoms with Crippen molar-refractivity contribution in [3.63, 3.8) is 0 Å². The Labute approximate surface area is 166 Å². The fourth-order valence-corrected chi connectivity index (χ4v) is 4.78. The van der Waals surface area contributed by atoms with E-state index in [0.29, 0.717) is 30.6 Å². The van der Waals surface area contributed by atoms with Crippen LogP contribution in [0, 0.1) is 13.8 Å². The fourth-order valence-electron chi connectivity index (χ4n) is 4.78. The van der Waals surface area contributed by atoms with Crippen molar-refractivity contribution in [1.82, 2.24) is 14.8 Å². The van der Waals surface area contributed by atoms with Gasteiger partial charge in [0.05, 0.1) is 11.1 Å². The summed E-state index contributed by atoms with van der Waals surface area (Å²) in [6.07, 6.45) is 2.25. The van der Waals surface area contributed by atoms with Crippen LogP contribution in [0.3, 0.4) is 0 Å². The minimum absolute atomic E-state index is 0.00767. The number of nitrogens with one attached hydrogen (secondary N) is 1. The molecule has 2 aliphatic rings. The Kier molecular flexibility index (Phi) is 4.88. The van der Waals surface area contributed by atoms with Crippen molar-refractivity contribution >= 4 is 11.7 Å². The van der Waals surface area contributed by atoms with E-state index in [9.17, 15) is 9.59 Å². The first-order chi connectivity index (χ1) is 13.4. The van der Waals surface area contributed by atoms with Gasteiger partial charge in [-0.2, -0.15) is 0 Å². The van der Waals surface area contributed by atoms with Crippen LogP contribution in [0.15, 0.2) is 24.3 Å². The monoisotopic (exact) mass is 379 g/mol. The van der Waals surface area contributed by atoms with E-state index in [2.05, 4.69) is 55.2 Å². The summed E-state index contributed by atoms with van der Waals surface area (Å²) in [5.74, 6) is 0.365. The van der Waals surface area contributed by atoms with Gasteiger partial charge in [0.2, 0.25) is 0 Å². The molecule has 1 aromatic carbocycles. The number of aryl methyl sites for hydroxylation is 3. The van der Waals surface area contributed by atoms with Gasteiger partial charge in [-0.1, -0.05) is 29.8 Å². The normalized spacial score (nSPS) is 22.0. The number of Topliss-reactive ketones (excluding diaryl/α,β-unsaturated/α-hetero) is 1. The summed E-state index contributed by atoms with van der Waals surface area (Å²) in [5, 5.41) is 0. The number of hydrogen-bond donors (Lipinski definition) is 1. The summed E-state index contributed by atoms with van der Waals surface area (Å²) in [4.78, 5) is 33.5. The number of H-pyrrole nitrogens is 1. The number of benzene rings is 1. The van der Waals surface area contributed by atoms with Crippen molar-refractivity contribution in [3.05, 3.63) is 57.9 Å². The lowest BCUT2D eigenvalue weighted by Crippen LogP contribution is -2.36. The van der Waals surface area contributed by atoms with E-state index in [4.69, 9.17) is 0 Å². The standard InChI is InChI=1S/C23H29N3O2/c1-14-8-10-16(11-9-14)17-12-26(13-19(17)25(3)4)23(28)21-15(2)24-18-6-5-7-20(27)22(18)21/h8-11,17,19,24H,5-7,12-13H2,1-4H3/t17-,19+/m0/s1. The molecule has 1 aliphatic heterocycles. The van der Waals surface area contributed by atoms with E-state index in [1.54, 1.807) is 0 Å². The van der Waals surface area contributed by atoms with Crippen LogP contribution in [-0.4, -0.2) is 59.7 Å². The number of ketones is 1. The molecule has 1 N–H and O–H groups in total. The molecule has 5 heteroatoms. The Morgan fingerprint density at radius 1 is 1.11 bits per heavy atom. The molecular weight excluding hydrogens is 350 g/mol. The van der Waals surface area contributed by atoms with Crippen LogP contribution in [0.2, 0.25) is 0 Å². The SMILES string of the molecule is Cc1ccc([C@@H]2CN(C(=O)c3c(C)[nH]c4c3C(=O)CCC4)C[C@H]2N(C)C)cc1. The molecule has 2 heterocycles. The maximum Gasteiger partial charge on any atom is 0.256 e. The average Bonchev–Trinajstić information content (AvgIpc) is 3.24. The number of carbonyl (C=O) groups excluding carboxylic acids is 2. The highest BCUT2D eigenvalue weighted by Gasteiger charge is 2.39. The lowest BCUT2D eigenvalue weighted by molar-refractivity contribution is 0.0775. The van der Waals surface area contributed by atoms with Crippen LogP contribution >= 0.6 is 0 Å². The Morgan fingerprint density at radius 3 is 2.50 bits per heavy atom. The third-order valence-electron chi connectivity index (χ3n) is 6.33. The largest absolute Gasteiger partial charge is 0.361 e. The highest BCUT2D eigenvalue weighted by molar-refractivity contribution is 6.10. The highest BCUT2D eigenvalue weighted by atomic mass is 16.2. The molecule has 0 bridgehead atoms. The van der Waals surface area contributed by atoms with Gasteiger partial charge in [0.25, 0.3) is 5.91 Å². The molecule has 1 aromatic heterocycles. The summed E-state index contributed by atoms with van der Waals surface area (Å²) < 4.78 is 0. The summed E-state index contributed by atoms with van der Waals surface area (Å²) in [7, 11) is 4.15. The average molecular weight is 380 g/mol. The first kappa shape index (κ1) is 18.9. The molecule has 28 heavy (non-hydrogen) atoms. The van der Waals surface area contributed by atoms with Crippen molar-refractivity contribution in [3.8, 4) is 0 Å². The molecular formula is C23H29N3O2. The van der Waals surface area contributed by atoms with E-state index in [1.807, 2.05) is 11.8 Å². The Hall–Kier alpha value is -2.40. The summed E-state index contributed by atoms with van der Waals surface area (Å²) in [6, 6.07) is 8.89. The maximum absolute atomic E-state index is 13.5. The van der Waals surface area contributed by atoms with E-state index in [-0.39, 0.29) is 23.7 Å². The van der Waals surface area contributed by atoms with Gasteiger partial charge in [-0.25, -0.2) is 0 Å². The molecule has 2 atom stereocenters. The van der Waals surface area contributed by atoms with Gasteiger partial charge >= 0.3 is 0 Å². The van der Waals surface area contributed by atoms with Gasteiger partial charge in [0, 0.05) is 42.9 Å². The van der Waals surface area contributed by atoms with Crippen molar-refractivity contribution < 1.29 is 9.59 Å². The van der Waals surface area contributed by atoms with Crippen LogP contribution in [0.25, 0.3) is 0 Å². The number of likely N-dealkylation sites (N-methyl/N-ethyl adjacent to an activating group) is 1. The number of rotatable bonds is 3. The van der Waals surface area contributed by atoms with Crippen LogP contribution in [-0.2, 0) is 6.42 Å². The Morgan fingerprint density at radius 2 is 1.82 bits per heavy atom. The lowest BCUT2D eigenvalue weighted by atomic mass is 9.92. The fraction of sp³-hybridized carbons (Fsp3) is 0.478. The number of nitrogens with zero attached hydrogens (tertiary/aromatic N) is 2. The first-order valence-electron chi connectivity index (χ1n) is 10.1. The number of likely N-dealkylation sites (tertiary alicyclic amines) is 1. The van der Waals surface area contributed by atoms with Crippen molar-refractivity contribution in [2.45, 2.75) is 45.1 Å². The number of aromatic nitrogens is 1. The second kappa shape index (κ2) is 7.21. The second-order valence-corrected chi connectivity index (χ2v) is 8.51. The zero-order chi connectivity index (χ0) is 20.0. The molecule has 1 saturated heterocycles. The van der Waals surface area contributed by atoms with E-state index in [1.165, 1.54) is 11.1 Å². The summed E-state index contributed by atoms with van der Waals surface area (Å²) in [6.45, 7) is 5.36. The van der Waals surface area contributed by atoms with Crippen LogP contribution in [0.4, 0.5) is 0 Å². The number of amides is 1. The second-order valence-electron chi connectivity index (χ2n) is 8.51. The Balaban J connectivity index is 1.65. The highest BCUT2D eigenvalue weighted by Crippen LogP contribution is 2.34. The molecule has 0 saturated carbocycles. The van der Waals surface area contributed by atoms with Gasteiger partial charge in [0.1, 0.15) is 0 Å². The van der Waals surface area contributed by atoms with Gasteiger partial charge in [-0.05, 0) is 46.3 Å². The molecule has 0 spiro atoms. The Bertz CT molecular complexity index is 911. The molecule has 4 rings (SSSR count). The molecule has 1 fully saturated rings. The van der Waals surface area contributed by atoms with Crippen molar-refractivity contribution in [2.75, 3.05) is 27.2 Å². The molecule has 1 amide bonds.